The Kier molecular flexibility index (Phi) is 3.96. The number of nitrogens with two attached hydrogens (primary N) is 1. The lowest BCUT2D eigenvalue weighted by Gasteiger charge is -2.02. The van der Waals surface area contributed by atoms with Gasteiger partial charge in [-0.3, -0.25) is 4.79 Å². The molecule has 0 amide bonds. The molecule has 0 aromatic heterocycles. The van der Waals surface area contributed by atoms with Crippen molar-refractivity contribution in [2.24, 2.45) is 0 Å². The number of rotatable bonds is 4. The summed E-state index contributed by atoms with van der Waals surface area (Å²) >= 11 is 0. The van der Waals surface area contributed by atoms with E-state index in [1.54, 1.807) is 48.5 Å². The van der Waals surface area contributed by atoms with Gasteiger partial charge in [0.05, 0.1) is 0 Å². The fraction of sp³-hybridized carbons (Fsp3) is 0. The summed E-state index contributed by atoms with van der Waals surface area (Å²) in [7, 11) is 0. The highest BCUT2D eigenvalue weighted by Gasteiger charge is 2.08. The number of benzene rings is 2. The van der Waals surface area contributed by atoms with Crippen LogP contribution in [0.5, 0.6) is 0 Å². The molecule has 4 heteroatoms. The maximum Gasteiger partial charge on any atom is 0.328 e. The molecule has 0 heterocycles. The SMILES string of the molecule is Nc1ccc(C(=O)c2ccc(/C=C/C(=O)O)cc2)cc1. The Morgan fingerprint density at radius 3 is 1.90 bits per heavy atom. The zero-order valence-electron chi connectivity index (χ0n) is 10.6. The molecule has 0 saturated carbocycles. The molecular formula is C16H13NO3. The van der Waals surface area contributed by atoms with Gasteiger partial charge in [0.15, 0.2) is 5.78 Å². The summed E-state index contributed by atoms with van der Waals surface area (Å²) in [6.45, 7) is 0. The van der Waals surface area contributed by atoms with E-state index in [1.165, 1.54) is 6.08 Å². The predicted octanol–water partition coefficient (Wildman–Crippen LogP) is 2.60. The Morgan fingerprint density at radius 1 is 0.900 bits per heavy atom. The van der Waals surface area contributed by atoms with E-state index >= 15 is 0 Å². The van der Waals surface area contributed by atoms with E-state index in [-0.39, 0.29) is 5.78 Å². The number of hydrogen-bond donors (Lipinski definition) is 2. The molecule has 0 spiro atoms. The molecule has 0 aliphatic rings. The average molecular weight is 267 g/mol. The van der Waals surface area contributed by atoms with Gasteiger partial charge >= 0.3 is 5.97 Å². The van der Waals surface area contributed by atoms with E-state index in [4.69, 9.17) is 10.8 Å². The molecule has 0 aliphatic carbocycles. The third kappa shape index (κ3) is 3.32. The molecule has 0 aliphatic heterocycles. The van der Waals surface area contributed by atoms with Gasteiger partial charge in [-0.1, -0.05) is 24.3 Å². The Hall–Kier alpha value is -2.88. The molecule has 0 bridgehead atoms. The zero-order chi connectivity index (χ0) is 14.5. The van der Waals surface area contributed by atoms with Crippen molar-refractivity contribution in [2.75, 3.05) is 5.73 Å². The Labute approximate surface area is 116 Å². The Morgan fingerprint density at radius 2 is 1.40 bits per heavy atom. The second kappa shape index (κ2) is 5.84. The highest BCUT2D eigenvalue weighted by atomic mass is 16.4. The van der Waals surface area contributed by atoms with Crippen LogP contribution in [0.3, 0.4) is 0 Å². The van der Waals surface area contributed by atoms with Crippen molar-refractivity contribution in [3.05, 3.63) is 71.3 Å². The number of anilines is 1. The van der Waals surface area contributed by atoms with Gasteiger partial charge in [0.25, 0.3) is 0 Å². The van der Waals surface area contributed by atoms with Crippen molar-refractivity contribution < 1.29 is 14.7 Å². The number of carbonyl (C=O) groups is 2. The van der Waals surface area contributed by atoms with E-state index in [9.17, 15) is 9.59 Å². The standard InChI is InChI=1S/C16H13NO3/c17-14-8-6-13(7-9-14)16(20)12-4-1-11(2-5-12)3-10-15(18)19/h1-10H,17H2,(H,18,19)/b10-3+. The quantitative estimate of drug-likeness (QED) is 0.507. The van der Waals surface area contributed by atoms with Gasteiger partial charge in [0.1, 0.15) is 0 Å². The minimum absolute atomic E-state index is 0.0984. The molecule has 2 rings (SSSR count). The van der Waals surface area contributed by atoms with E-state index in [0.29, 0.717) is 16.8 Å². The van der Waals surface area contributed by atoms with Crippen LogP contribution in [0, 0.1) is 0 Å². The first kappa shape index (κ1) is 13.5. The first-order valence-corrected chi connectivity index (χ1v) is 5.97. The number of carboxylic acids is 1. The van der Waals surface area contributed by atoms with Gasteiger partial charge in [0, 0.05) is 22.9 Å². The molecule has 0 radical (unpaired) electrons. The van der Waals surface area contributed by atoms with E-state index in [0.717, 1.165) is 11.6 Å². The number of aliphatic carboxylic acids is 1. The van der Waals surface area contributed by atoms with Gasteiger partial charge in [-0.2, -0.15) is 0 Å². The van der Waals surface area contributed by atoms with E-state index in [1.807, 2.05) is 0 Å². The van der Waals surface area contributed by atoms with Crippen LogP contribution >= 0.6 is 0 Å². The Bertz CT molecular complexity index is 655. The summed E-state index contributed by atoms with van der Waals surface area (Å²) in [6, 6.07) is 13.4. The lowest BCUT2D eigenvalue weighted by atomic mass is 10.0. The van der Waals surface area contributed by atoms with Gasteiger partial charge in [-0.15, -0.1) is 0 Å². The lowest BCUT2D eigenvalue weighted by molar-refractivity contribution is -0.131. The van der Waals surface area contributed by atoms with Crippen LogP contribution in [0.15, 0.2) is 54.6 Å². The number of carboxylic acid groups (broad SMARTS) is 1. The van der Waals surface area contributed by atoms with E-state index < -0.39 is 5.97 Å². The molecule has 2 aromatic rings. The summed E-state index contributed by atoms with van der Waals surface area (Å²) in [5.74, 6) is -1.11. The molecule has 20 heavy (non-hydrogen) atoms. The summed E-state index contributed by atoms with van der Waals surface area (Å²) in [6.07, 6.45) is 2.52. The molecule has 0 unspecified atom stereocenters. The highest BCUT2D eigenvalue weighted by Crippen LogP contribution is 2.13. The van der Waals surface area contributed by atoms with Crippen LogP contribution in [0.2, 0.25) is 0 Å². The second-order valence-corrected chi connectivity index (χ2v) is 4.24. The molecule has 0 atom stereocenters. The fourth-order valence-electron chi connectivity index (χ4n) is 1.71. The summed E-state index contributed by atoms with van der Waals surface area (Å²) in [5.41, 5.74) is 8.01. The zero-order valence-corrected chi connectivity index (χ0v) is 10.6. The van der Waals surface area contributed by atoms with Crippen molar-refractivity contribution in [1.82, 2.24) is 0 Å². The van der Waals surface area contributed by atoms with Gasteiger partial charge in [-0.25, -0.2) is 4.79 Å². The van der Waals surface area contributed by atoms with Gasteiger partial charge < -0.3 is 10.8 Å². The van der Waals surface area contributed by atoms with Crippen LogP contribution in [0.1, 0.15) is 21.5 Å². The predicted molar refractivity (Wildman–Crippen MR) is 77.4 cm³/mol. The summed E-state index contributed by atoms with van der Waals surface area (Å²) in [4.78, 5) is 22.6. The third-order valence-electron chi connectivity index (χ3n) is 2.76. The maximum atomic E-state index is 12.2. The van der Waals surface area contributed by atoms with Crippen molar-refractivity contribution in [3.63, 3.8) is 0 Å². The monoisotopic (exact) mass is 267 g/mol. The number of hydrogen-bond acceptors (Lipinski definition) is 3. The Balaban J connectivity index is 2.19. The summed E-state index contributed by atoms with van der Waals surface area (Å²) < 4.78 is 0. The molecule has 2 aromatic carbocycles. The van der Waals surface area contributed by atoms with E-state index in [2.05, 4.69) is 0 Å². The fourth-order valence-corrected chi connectivity index (χ4v) is 1.71. The number of nitrogen functional groups attached to an aromatic ring is 1. The van der Waals surface area contributed by atoms with Crippen molar-refractivity contribution in [3.8, 4) is 0 Å². The largest absolute Gasteiger partial charge is 0.478 e. The molecule has 3 N–H and O–H groups in total. The first-order chi connectivity index (χ1) is 9.56. The lowest BCUT2D eigenvalue weighted by Crippen LogP contribution is -2.01. The first-order valence-electron chi connectivity index (χ1n) is 5.97. The normalized spacial score (nSPS) is 10.6. The average Bonchev–Trinajstić information content (AvgIpc) is 2.46. The maximum absolute atomic E-state index is 12.2. The third-order valence-corrected chi connectivity index (χ3v) is 2.76. The van der Waals surface area contributed by atoms with Crippen molar-refractivity contribution in [1.29, 1.82) is 0 Å². The van der Waals surface area contributed by atoms with Crippen molar-refractivity contribution >= 4 is 23.5 Å². The molecule has 0 fully saturated rings. The van der Waals surface area contributed by atoms with Gasteiger partial charge in [-0.05, 0) is 35.9 Å². The molecular weight excluding hydrogens is 254 g/mol. The highest BCUT2D eigenvalue weighted by molar-refractivity contribution is 6.09. The molecule has 4 nitrogen and oxygen atoms in total. The second-order valence-electron chi connectivity index (χ2n) is 4.24. The van der Waals surface area contributed by atoms with Gasteiger partial charge in [0.2, 0.25) is 0 Å². The van der Waals surface area contributed by atoms with Crippen LogP contribution in [-0.4, -0.2) is 16.9 Å². The minimum atomic E-state index is -1.01. The smallest absolute Gasteiger partial charge is 0.328 e. The number of ketones is 1. The minimum Gasteiger partial charge on any atom is -0.478 e. The van der Waals surface area contributed by atoms with Crippen LogP contribution in [0.25, 0.3) is 6.08 Å². The molecule has 0 saturated heterocycles. The summed E-state index contributed by atoms with van der Waals surface area (Å²) in [5, 5.41) is 8.54. The van der Waals surface area contributed by atoms with Crippen molar-refractivity contribution in [2.45, 2.75) is 0 Å². The number of carbonyl (C=O) groups excluding carboxylic acids is 1. The van der Waals surface area contributed by atoms with Crippen LogP contribution in [0.4, 0.5) is 5.69 Å². The van der Waals surface area contributed by atoms with Crippen LogP contribution < -0.4 is 5.73 Å². The topological polar surface area (TPSA) is 80.4 Å². The molecule has 100 valence electrons. The van der Waals surface area contributed by atoms with Crippen LogP contribution in [-0.2, 0) is 4.79 Å².